The number of benzene rings is 2. The van der Waals surface area contributed by atoms with Gasteiger partial charge < -0.3 is 15.0 Å². The van der Waals surface area contributed by atoms with Gasteiger partial charge in [0.15, 0.2) is 0 Å². The molecule has 2 aromatic rings. The monoisotopic (exact) mass is 420 g/mol. The zero-order valence-electron chi connectivity index (χ0n) is 16.9. The fourth-order valence-corrected chi connectivity index (χ4v) is 3.36. The Morgan fingerprint density at radius 2 is 1.93 bits per heavy atom. The third-order valence-electron chi connectivity index (χ3n) is 4.61. The Morgan fingerprint density at radius 1 is 1.21 bits per heavy atom. The number of hydrogen-bond acceptors (Lipinski definition) is 3. The molecule has 156 valence electrons. The van der Waals surface area contributed by atoms with Crippen molar-refractivity contribution in [3.63, 3.8) is 0 Å². The van der Waals surface area contributed by atoms with Crippen LogP contribution in [0.5, 0.6) is 5.75 Å². The largest absolute Gasteiger partial charge is 0.497 e. The summed E-state index contributed by atoms with van der Waals surface area (Å²) in [7, 11) is 1.56. The highest BCUT2D eigenvalue weighted by atomic mass is 35.5. The lowest BCUT2D eigenvalue weighted by molar-refractivity contribution is -0.140. The third-order valence-corrected chi connectivity index (χ3v) is 4.97. The fraction of sp³-hybridized carbons (Fsp3) is 0.364. The summed E-state index contributed by atoms with van der Waals surface area (Å²) in [6, 6.07) is 10.9. The Balaban J connectivity index is 2.36. The van der Waals surface area contributed by atoms with Gasteiger partial charge >= 0.3 is 0 Å². The van der Waals surface area contributed by atoms with Crippen LogP contribution in [0.3, 0.4) is 0 Å². The van der Waals surface area contributed by atoms with Crippen molar-refractivity contribution in [1.82, 2.24) is 10.2 Å². The molecule has 0 heterocycles. The van der Waals surface area contributed by atoms with Crippen LogP contribution >= 0.6 is 11.6 Å². The quantitative estimate of drug-likeness (QED) is 0.667. The standard InChI is InChI=1S/C22H26ClFN2O3/c1-4-20(22(28)25-5-2)26(14-15-8-6-9-16(12-15)29-3)21(27)13-17-18(23)10-7-11-19(17)24/h6-12,20H,4-5,13-14H2,1-3H3,(H,25,28)/t20-/m0/s1. The number of methoxy groups -OCH3 is 1. The van der Waals surface area contributed by atoms with Crippen molar-refractivity contribution in [2.75, 3.05) is 13.7 Å². The molecule has 1 atom stereocenters. The summed E-state index contributed by atoms with van der Waals surface area (Å²) in [5.41, 5.74) is 0.931. The van der Waals surface area contributed by atoms with Crippen LogP contribution in [0.1, 0.15) is 31.4 Å². The number of carbonyl (C=O) groups excluding carboxylic acids is 2. The van der Waals surface area contributed by atoms with Gasteiger partial charge in [-0.3, -0.25) is 9.59 Å². The summed E-state index contributed by atoms with van der Waals surface area (Å²) in [6.07, 6.45) is 0.192. The van der Waals surface area contributed by atoms with Crippen molar-refractivity contribution < 1.29 is 18.7 Å². The van der Waals surface area contributed by atoms with Gasteiger partial charge in [-0.2, -0.15) is 0 Å². The summed E-state index contributed by atoms with van der Waals surface area (Å²) >= 11 is 6.10. The SMILES string of the molecule is CCNC(=O)[C@H](CC)N(Cc1cccc(OC)c1)C(=O)Cc1c(F)cccc1Cl. The summed E-state index contributed by atoms with van der Waals surface area (Å²) in [4.78, 5) is 27.2. The molecule has 0 aliphatic rings. The Bertz CT molecular complexity index is 839. The molecule has 2 rings (SSSR count). The van der Waals surface area contributed by atoms with Gasteiger partial charge in [0.2, 0.25) is 11.8 Å². The van der Waals surface area contributed by atoms with Gasteiger partial charge in [0.25, 0.3) is 0 Å². The van der Waals surface area contributed by atoms with Gasteiger partial charge in [-0.05, 0) is 43.2 Å². The molecule has 0 fully saturated rings. The number of nitrogens with zero attached hydrogens (tertiary/aromatic N) is 1. The van der Waals surface area contributed by atoms with E-state index in [1.807, 2.05) is 26.0 Å². The second-order valence-electron chi connectivity index (χ2n) is 6.57. The van der Waals surface area contributed by atoms with Crippen molar-refractivity contribution in [2.45, 2.75) is 39.3 Å². The molecule has 0 spiro atoms. The van der Waals surface area contributed by atoms with E-state index in [1.54, 1.807) is 25.3 Å². The molecule has 1 N–H and O–H groups in total. The highest BCUT2D eigenvalue weighted by Gasteiger charge is 2.29. The van der Waals surface area contributed by atoms with Crippen LogP contribution in [0.25, 0.3) is 0 Å². The average Bonchev–Trinajstić information content (AvgIpc) is 2.71. The van der Waals surface area contributed by atoms with E-state index in [9.17, 15) is 14.0 Å². The first-order valence-electron chi connectivity index (χ1n) is 9.54. The topological polar surface area (TPSA) is 58.6 Å². The van der Waals surface area contributed by atoms with Crippen molar-refractivity contribution in [3.05, 3.63) is 64.4 Å². The predicted octanol–water partition coefficient (Wildman–Crippen LogP) is 3.97. The van der Waals surface area contributed by atoms with Crippen molar-refractivity contribution in [1.29, 1.82) is 0 Å². The van der Waals surface area contributed by atoms with Gasteiger partial charge in [-0.25, -0.2) is 4.39 Å². The Morgan fingerprint density at radius 3 is 2.55 bits per heavy atom. The van der Waals surface area contributed by atoms with Crippen molar-refractivity contribution >= 4 is 23.4 Å². The van der Waals surface area contributed by atoms with Gasteiger partial charge in [0.1, 0.15) is 17.6 Å². The Hall–Kier alpha value is -2.60. The molecule has 0 saturated heterocycles. The Kier molecular flexibility index (Phi) is 8.46. The first-order valence-corrected chi connectivity index (χ1v) is 9.92. The zero-order chi connectivity index (χ0) is 21.4. The fourth-order valence-electron chi connectivity index (χ4n) is 3.13. The highest BCUT2D eigenvalue weighted by Crippen LogP contribution is 2.22. The smallest absolute Gasteiger partial charge is 0.242 e. The van der Waals surface area contributed by atoms with Crippen LogP contribution in [0.15, 0.2) is 42.5 Å². The highest BCUT2D eigenvalue weighted by molar-refractivity contribution is 6.31. The van der Waals surface area contributed by atoms with Crippen LogP contribution in [-0.4, -0.2) is 36.4 Å². The molecule has 0 aliphatic carbocycles. The zero-order valence-corrected chi connectivity index (χ0v) is 17.6. The lowest BCUT2D eigenvalue weighted by atomic mass is 10.1. The summed E-state index contributed by atoms with van der Waals surface area (Å²) in [6.45, 7) is 4.30. The van der Waals surface area contributed by atoms with Crippen LogP contribution in [0.4, 0.5) is 4.39 Å². The molecule has 29 heavy (non-hydrogen) atoms. The van der Waals surface area contributed by atoms with E-state index in [2.05, 4.69) is 5.32 Å². The summed E-state index contributed by atoms with van der Waals surface area (Å²) in [5, 5.41) is 2.96. The van der Waals surface area contributed by atoms with Crippen molar-refractivity contribution in [3.8, 4) is 5.75 Å². The maximum atomic E-state index is 14.2. The molecule has 2 amide bonds. The molecule has 7 heteroatoms. The minimum atomic E-state index is -0.681. The molecule has 0 saturated carbocycles. The predicted molar refractivity (Wildman–Crippen MR) is 111 cm³/mol. The van der Waals surface area contributed by atoms with Crippen LogP contribution in [0, 0.1) is 5.82 Å². The van der Waals surface area contributed by atoms with E-state index in [0.717, 1.165) is 5.56 Å². The molecule has 0 aliphatic heterocycles. The van der Waals surface area contributed by atoms with E-state index in [4.69, 9.17) is 16.3 Å². The molecular weight excluding hydrogens is 395 g/mol. The third kappa shape index (κ3) is 5.94. The number of amides is 2. The van der Waals surface area contributed by atoms with Gasteiger partial charge in [-0.1, -0.05) is 36.7 Å². The number of ether oxygens (including phenoxy) is 1. The molecule has 0 radical (unpaired) electrons. The Labute approximate surface area is 175 Å². The maximum Gasteiger partial charge on any atom is 0.242 e. The number of rotatable bonds is 9. The van der Waals surface area contributed by atoms with E-state index in [-0.39, 0.29) is 35.4 Å². The first kappa shape index (κ1) is 22.7. The maximum absolute atomic E-state index is 14.2. The lowest BCUT2D eigenvalue weighted by Gasteiger charge is -2.31. The van der Waals surface area contributed by atoms with Crippen LogP contribution in [-0.2, 0) is 22.6 Å². The van der Waals surface area contributed by atoms with E-state index >= 15 is 0 Å². The molecule has 0 bridgehead atoms. The average molecular weight is 421 g/mol. The van der Waals surface area contributed by atoms with E-state index in [1.165, 1.54) is 17.0 Å². The molecule has 5 nitrogen and oxygen atoms in total. The van der Waals surface area contributed by atoms with E-state index < -0.39 is 11.9 Å². The molecule has 0 aromatic heterocycles. The summed E-state index contributed by atoms with van der Waals surface area (Å²) in [5.74, 6) is -0.514. The molecule has 2 aromatic carbocycles. The second kappa shape index (κ2) is 10.8. The van der Waals surface area contributed by atoms with Gasteiger partial charge in [0.05, 0.1) is 13.5 Å². The molecular formula is C22H26ClFN2O3. The van der Waals surface area contributed by atoms with Gasteiger partial charge in [0, 0.05) is 23.7 Å². The number of halogens is 2. The van der Waals surface area contributed by atoms with E-state index in [0.29, 0.717) is 18.7 Å². The minimum Gasteiger partial charge on any atom is -0.497 e. The summed E-state index contributed by atoms with van der Waals surface area (Å²) < 4.78 is 19.5. The number of likely N-dealkylation sites (N-methyl/N-ethyl adjacent to an activating group) is 1. The number of nitrogens with one attached hydrogen (secondary N) is 1. The first-order chi connectivity index (χ1) is 13.9. The number of carbonyl (C=O) groups is 2. The van der Waals surface area contributed by atoms with Crippen LogP contribution in [0.2, 0.25) is 5.02 Å². The normalized spacial score (nSPS) is 11.6. The molecule has 0 unspecified atom stereocenters. The lowest BCUT2D eigenvalue weighted by Crippen LogP contribution is -2.49. The van der Waals surface area contributed by atoms with Crippen molar-refractivity contribution in [2.24, 2.45) is 0 Å². The minimum absolute atomic E-state index is 0.126. The number of hydrogen-bond donors (Lipinski definition) is 1. The van der Waals surface area contributed by atoms with Crippen LogP contribution < -0.4 is 10.1 Å². The van der Waals surface area contributed by atoms with Gasteiger partial charge in [-0.15, -0.1) is 0 Å². The second-order valence-corrected chi connectivity index (χ2v) is 6.98.